The number of nitrogens with zero attached hydrogens (tertiary/aromatic N) is 1. The standard InChI is InChI=1S/C14H19N3O3/c1-9-5-3-6-11(13(9)17(19)20)14(18)16-12-7-4-8-15-10(12)2/h3,5-6,10,12,15H,4,7-8H2,1-2H3,(H,16,18). The average Bonchev–Trinajstić information content (AvgIpc) is 2.40. The van der Waals surface area contributed by atoms with E-state index in [2.05, 4.69) is 10.6 Å². The highest BCUT2D eigenvalue weighted by molar-refractivity contribution is 5.98. The van der Waals surface area contributed by atoms with Gasteiger partial charge < -0.3 is 10.6 Å². The number of nitrogens with one attached hydrogen (secondary N) is 2. The summed E-state index contributed by atoms with van der Waals surface area (Å²) in [5, 5.41) is 17.3. The first kappa shape index (κ1) is 14.5. The fourth-order valence-electron chi connectivity index (χ4n) is 2.57. The van der Waals surface area contributed by atoms with Crippen molar-refractivity contribution >= 4 is 11.6 Å². The van der Waals surface area contributed by atoms with E-state index in [0.29, 0.717) is 5.56 Å². The first-order valence-corrected chi connectivity index (χ1v) is 6.79. The number of aryl methyl sites for hydroxylation is 1. The Balaban J connectivity index is 2.21. The fourth-order valence-corrected chi connectivity index (χ4v) is 2.57. The van der Waals surface area contributed by atoms with Crippen molar-refractivity contribution < 1.29 is 9.72 Å². The predicted molar refractivity (Wildman–Crippen MR) is 75.8 cm³/mol. The number of nitro groups is 1. The Morgan fingerprint density at radius 1 is 1.50 bits per heavy atom. The highest BCUT2D eigenvalue weighted by Crippen LogP contribution is 2.23. The number of hydrogen-bond donors (Lipinski definition) is 2. The minimum absolute atomic E-state index is 0.0105. The minimum Gasteiger partial charge on any atom is -0.348 e. The summed E-state index contributed by atoms with van der Waals surface area (Å²) < 4.78 is 0. The zero-order valence-corrected chi connectivity index (χ0v) is 11.7. The third-order valence-corrected chi connectivity index (χ3v) is 3.74. The van der Waals surface area contributed by atoms with Gasteiger partial charge in [0.2, 0.25) is 0 Å². The second-order valence-electron chi connectivity index (χ2n) is 5.19. The Labute approximate surface area is 117 Å². The number of amides is 1. The number of carbonyl (C=O) groups is 1. The molecule has 1 aliphatic heterocycles. The molecule has 1 amide bonds. The quantitative estimate of drug-likeness (QED) is 0.651. The van der Waals surface area contributed by atoms with Crippen molar-refractivity contribution in [3.05, 3.63) is 39.4 Å². The Bertz CT molecular complexity index is 530. The molecule has 6 nitrogen and oxygen atoms in total. The summed E-state index contributed by atoms with van der Waals surface area (Å²) >= 11 is 0. The first-order valence-electron chi connectivity index (χ1n) is 6.79. The molecule has 2 atom stereocenters. The van der Waals surface area contributed by atoms with Gasteiger partial charge in [-0.3, -0.25) is 14.9 Å². The van der Waals surface area contributed by atoms with Crippen molar-refractivity contribution in [3.63, 3.8) is 0 Å². The van der Waals surface area contributed by atoms with Gasteiger partial charge in [-0.2, -0.15) is 0 Å². The maximum Gasteiger partial charge on any atom is 0.285 e. The van der Waals surface area contributed by atoms with Gasteiger partial charge >= 0.3 is 0 Å². The number of carbonyl (C=O) groups excluding carboxylic acids is 1. The number of hydrogen-bond acceptors (Lipinski definition) is 4. The number of benzene rings is 1. The lowest BCUT2D eigenvalue weighted by Crippen LogP contribution is -2.51. The van der Waals surface area contributed by atoms with Gasteiger partial charge in [-0.25, -0.2) is 0 Å². The van der Waals surface area contributed by atoms with E-state index < -0.39 is 4.92 Å². The van der Waals surface area contributed by atoms with Gasteiger partial charge in [-0.05, 0) is 39.3 Å². The van der Waals surface area contributed by atoms with E-state index in [1.54, 1.807) is 19.1 Å². The van der Waals surface area contributed by atoms with Crippen LogP contribution in [0.1, 0.15) is 35.7 Å². The van der Waals surface area contributed by atoms with Crippen LogP contribution < -0.4 is 10.6 Å². The molecular weight excluding hydrogens is 258 g/mol. The van der Waals surface area contributed by atoms with E-state index in [1.165, 1.54) is 6.07 Å². The summed E-state index contributed by atoms with van der Waals surface area (Å²) in [5.41, 5.74) is 0.520. The largest absolute Gasteiger partial charge is 0.348 e. The van der Waals surface area contributed by atoms with E-state index in [4.69, 9.17) is 0 Å². The third kappa shape index (κ3) is 2.96. The lowest BCUT2D eigenvalue weighted by Gasteiger charge is -2.30. The van der Waals surface area contributed by atoms with Crippen LogP contribution in [0.4, 0.5) is 5.69 Å². The van der Waals surface area contributed by atoms with Crippen molar-refractivity contribution in [1.82, 2.24) is 10.6 Å². The molecule has 0 aromatic heterocycles. The van der Waals surface area contributed by atoms with E-state index in [9.17, 15) is 14.9 Å². The third-order valence-electron chi connectivity index (χ3n) is 3.74. The van der Waals surface area contributed by atoms with Crippen LogP contribution in [0.3, 0.4) is 0 Å². The average molecular weight is 277 g/mol. The van der Waals surface area contributed by atoms with Gasteiger partial charge in [-0.15, -0.1) is 0 Å². The van der Waals surface area contributed by atoms with Crippen LogP contribution in [0.25, 0.3) is 0 Å². The Morgan fingerprint density at radius 2 is 2.25 bits per heavy atom. The van der Waals surface area contributed by atoms with Crippen LogP contribution in [0.2, 0.25) is 0 Å². The Hall–Kier alpha value is -1.95. The molecule has 1 aromatic carbocycles. The maximum absolute atomic E-state index is 12.3. The summed E-state index contributed by atoms with van der Waals surface area (Å²) in [6.45, 7) is 4.59. The summed E-state index contributed by atoms with van der Waals surface area (Å²) in [5.74, 6) is -0.374. The second kappa shape index (κ2) is 6.00. The molecule has 1 heterocycles. The molecule has 2 N–H and O–H groups in total. The summed E-state index contributed by atoms with van der Waals surface area (Å²) in [7, 11) is 0. The van der Waals surface area contributed by atoms with E-state index in [-0.39, 0.29) is 29.2 Å². The Morgan fingerprint density at radius 3 is 2.90 bits per heavy atom. The summed E-state index contributed by atoms with van der Waals surface area (Å²) in [4.78, 5) is 22.9. The van der Waals surface area contributed by atoms with Crippen molar-refractivity contribution in [2.45, 2.75) is 38.8 Å². The Kier molecular flexibility index (Phi) is 4.34. The monoisotopic (exact) mass is 277 g/mol. The molecule has 20 heavy (non-hydrogen) atoms. The van der Waals surface area contributed by atoms with Crippen LogP contribution in [-0.4, -0.2) is 29.5 Å². The minimum atomic E-state index is -0.493. The molecule has 0 aliphatic carbocycles. The molecule has 0 bridgehead atoms. The van der Waals surface area contributed by atoms with Crippen LogP contribution in [0.15, 0.2) is 18.2 Å². The van der Waals surface area contributed by atoms with Crippen LogP contribution >= 0.6 is 0 Å². The topological polar surface area (TPSA) is 84.3 Å². The molecule has 1 aliphatic rings. The smallest absolute Gasteiger partial charge is 0.285 e. The van der Waals surface area contributed by atoms with Gasteiger partial charge in [0.15, 0.2) is 0 Å². The number of para-hydroxylation sites is 1. The summed E-state index contributed by atoms with van der Waals surface area (Å²) in [6.07, 6.45) is 1.88. The molecule has 1 aromatic rings. The van der Waals surface area contributed by atoms with Gasteiger partial charge in [0.25, 0.3) is 11.6 Å². The van der Waals surface area contributed by atoms with E-state index >= 15 is 0 Å². The summed E-state index contributed by atoms with van der Waals surface area (Å²) in [6, 6.07) is 4.99. The molecule has 0 spiro atoms. The van der Waals surface area contributed by atoms with Gasteiger partial charge in [0, 0.05) is 17.6 Å². The van der Waals surface area contributed by atoms with Crippen LogP contribution in [0, 0.1) is 17.0 Å². The van der Waals surface area contributed by atoms with Crippen molar-refractivity contribution in [3.8, 4) is 0 Å². The van der Waals surface area contributed by atoms with Gasteiger partial charge in [0.05, 0.1) is 4.92 Å². The molecule has 2 rings (SSSR count). The predicted octanol–water partition coefficient (Wildman–Crippen LogP) is 1.77. The highest BCUT2D eigenvalue weighted by Gasteiger charge is 2.27. The molecule has 0 saturated carbocycles. The fraction of sp³-hybridized carbons (Fsp3) is 0.500. The molecule has 1 saturated heterocycles. The number of nitro benzene ring substituents is 1. The first-order chi connectivity index (χ1) is 9.50. The lowest BCUT2D eigenvalue weighted by molar-refractivity contribution is -0.385. The number of piperidine rings is 1. The van der Waals surface area contributed by atoms with Crippen molar-refractivity contribution in [2.75, 3.05) is 6.54 Å². The highest BCUT2D eigenvalue weighted by atomic mass is 16.6. The molecule has 108 valence electrons. The van der Waals surface area contributed by atoms with Gasteiger partial charge in [0.1, 0.15) is 5.56 Å². The van der Waals surface area contributed by atoms with Crippen LogP contribution in [-0.2, 0) is 0 Å². The molecule has 0 radical (unpaired) electrons. The lowest BCUT2D eigenvalue weighted by atomic mass is 9.99. The van der Waals surface area contributed by atoms with Crippen molar-refractivity contribution in [2.24, 2.45) is 0 Å². The van der Waals surface area contributed by atoms with E-state index in [0.717, 1.165) is 19.4 Å². The molecule has 2 unspecified atom stereocenters. The van der Waals surface area contributed by atoms with Gasteiger partial charge in [-0.1, -0.05) is 12.1 Å². The van der Waals surface area contributed by atoms with Crippen LogP contribution in [0.5, 0.6) is 0 Å². The second-order valence-corrected chi connectivity index (χ2v) is 5.19. The normalized spacial score (nSPS) is 22.3. The molecule has 1 fully saturated rings. The SMILES string of the molecule is Cc1cccc(C(=O)NC2CCCNC2C)c1[N+](=O)[O-]. The zero-order valence-electron chi connectivity index (χ0n) is 11.7. The molecule has 6 heteroatoms. The molecular formula is C14H19N3O3. The number of rotatable bonds is 3. The van der Waals surface area contributed by atoms with Crippen molar-refractivity contribution in [1.29, 1.82) is 0 Å². The zero-order chi connectivity index (χ0) is 14.7. The van der Waals surface area contributed by atoms with E-state index in [1.807, 2.05) is 6.92 Å². The maximum atomic E-state index is 12.3.